The first-order valence-electron chi connectivity index (χ1n) is 3.47. The zero-order chi connectivity index (χ0) is 8.69. The van der Waals surface area contributed by atoms with E-state index in [0.29, 0.717) is 11.2 Å². The van der Waals surface area contributed by atoms with Crippen molar-refractivity contribution in [3.63, 3.8) is 0 Å². The molecule has 11 heavy (non-hydrogen) atoms. The van der Waals surface area contributed by atoms with Gasteiger partial charge in [-0.25, -0.2) is 0 Å². The van der Waals surface area contributed by atoms with Crippen LogP contribution in [0.4, 0.5) is 0 Å². The van der Waals surface area contributed by atoms with E-state index < -0.39 is 0 Å². The summed E-state index contributed by atoms with van der Waals surface area (Å²) in [6.07, 6.45) is 4.25. The maximum Gasteiger partial charge on any atom is -0.0548 e. The van der Waals surface area contributed by atoms with Crippen LogP contribution in [-0.4, -0.2) is 12.1 Å². The third kappa shape index (κ3) is 7.16. The van der Waals surface area contributed by atoms with Gasteiger partial charge in [0.15, 0.2) is 0 Å². The van der Waals surface area contributed by atoms with E-state index in [0.717, 1.165) is 12.8 Å². The van der Waals surface area contributed by atoms with Crippen LogP contribution < -0.4 is 0 Å². The van der Waals surface area contributed by atoms with E-state index in [2.05, 4.69) is 38.7 Å². The Bertz CT molecular complexity index is 84.7. The Labute approximate surface area is 97.8 Å². The number of rotatable bonds is 0. The van der Waals surface area contributed by atoms with Gasteiger partial charge in [-0.2, -0.15) is 12.1 Å². The van der Waals surface area contributed by atoms with Crippen LogP contribution in [0.2, 0.25) is 0 Å². The molecule has 0 bridgehead atoms. The van der Waals surface area contributed by atoms with E-state index in [1.165, 1.54) is 12.8 Å². The minimum atomic E-state index is -0.0799. The van der Waals surface area contributed by atoms with Gasteiger partial charge in [-0.3, -0.25) is 0 Å². The van der Waals surface area contributed by atoms with Crippen LogP contribution >= 0.6 is 38.7 Å². The molecule has 0 aromatic rings. The zero-order valence-electron chi connectivity index (χ0n) is 6.06. The second-order valence-corrected chi connectivity index (χ2v) is 19.1. The standard InChI is InChI=1S/C6H12N2.2HI.Pt/c7-5-3-1-2-4-6(5)8;;;/h5-8H,1-4H2;2*1H;/q-2;;;+4/p-2/t5-,6+;;;. The molecule has 0 aromatic carbocycles. The molecule has 0 heterocycles. The summed E-state index contributed by atoms with van der Waals surface area (Å²) in [6.45, 7) is 0. The van der Waals surface area contributed by atoms with E-state index in [1.54, 1.807) is 0 Å². The van der Waals surface area contributed by atoms with Gasteiger partial charge >= 0.3 is 49.9 Å². The summed E-state index contributed by atoms with van der Waals surface area (Å²) < 4.78 is 0. The van der Waals surface area contributed by atoms with E-state index >= 15 is 0 Å². The summed E-state index contributed by atoms with van der Waals surface area (Å²) in [5.41, 5.74) is 14.6. The van der Waals surface area contributed by atoms with E-state index in [9.17, 15) is 0 Å². The molecule has 1 fully saturated rings. The Kier molecular flexibility index (Phi) is 10.3. The molecule has 0 radical (unpaired) electrons. The molecule has 0 amide bonds. The van der Waals surface area contributed by atoms with Gasteiger partial charge in [-0.05, 0) is 0 Å². The maximum atomic E-state index is 7.29. The van der Waals surface area contributed by atoms with Crippen LogP contribution in [0.5, 0.6) is 0 Å². The Morgan fingerprint density at radius 2 is 1.27 bits per heavy atom. The van der Waals surface area contributed by atoms with Crippen molar-refractivity contribution in [2.75, 3.05) is 0 Å². The largest absolute Gasteiger partial charge is 0.676 e. The molecule has 70 valence electrons. The van der Waals surface area contributed by atoms with Gasteiger partial charge in [0.1, 0.15) is 0 Å². The van der Waals surface area contributed by atoms with Gasteiger partial charge < -0.3 is 11.5 Å². The van der Waals surface area contributed by atoms with Crippen LogP contribution in [0.25, 0.3) is 11.5 Å². The van der Waals surface area contributed by atoms with Gasteiger partial charge in [0.05, 0.1) is 0 Å². The number of halogens is 2. The number of hydrogen-bond donors (Lipinski definition) is 0. The Hall–Kier alpha value is 2.07. The third-order valence-corrected chi connectivity index (χ3v) is 1.77. The van der Waals surface area contributed by atoms with Crippen molar-refractivity contribution in [2.45, 2.75) is 37.8 Å². The molecule has 1 aliphatic rings. The predicted molar refractivity (Wildman–Crippen MR) is 62.7 cm³/mol. The molecule has 2 N–H and O–H groups in total. The normalized spacial score (nSPS) is 30.9. The fourth-order valence-corrected chi connectivity index (χ4v) is 1.13. The van der Waals surface area contributed by atoms with Crippen LogP contribution in [0.3, 0.4) is 0 Å². The van der Waals surface area contributed by atoms with Gasteiger partial charge in [-0.15, -0.1) is 0 Å². The molecule has 0 unspecified atom stereocenters. The van der Waals surface area contributed by atoms with Gasteiger partial charge in [0, 0.05) is 0 Å². The summed E-state index contributed by atoms with van der Waals surface area (Å²) >= 11 is 5.30. The van der Waals surface area contributed by atoms with Gasteiger partial charge in [0.25, 0.3) is 0 Å². The third-order valence-electron chi connectivity index (χ3n) is 1.77. The monoisotopic (exact) mass is 561 g/mol. The topological polar surface area (TPSA) is 47.6 Å². The van der Waals surface area contributed by atoms with Crippen molar-refractivity contribution in [2.24, 2.45) is 0 Å². The summed E-state index contributed by atoms with van der Waals surface area (Å²) in [5, 5.41) is 0. The van der Waals surface area contributed by atoms with E-state index in [1.807, 2.05) is 0 Å². The molecule has 0 aromatic heterocycles. The second kappa shape index (κ2) is 8.66. The molecular weight excluding hydrogens is 549 g/mol. The number of nitrogens with one attached hydrogen (secondary N) is 2. The van der Waals surface area contributed by atoms with Crippen molar-refractivity contribution >= 4 is 38.7 Å². The van der Waals surface area contributed by atoms with Gasteiger partial charge in [0.2, 0.25) is 0 Å². The summed E-state index contributed by atoms with van der Waals surface area (Å²) in [6, 6.07) is -0.160. The molecule has 0 saturated heterocycles. The Morgan fingerprint density at radius 3 is 1.45 bits per heavy atom. The average Bonchev–Trinajstić information content (AvgIpc) is 1.97. The van der Waals surface area contributed by atoms with E-state index in [-0.39, 0.29) is 12.1 Å². The molecule has 2 atom stereocenters. The van der Waals surface area contributed by atoms with Crippen LogP contribution in [-0.2, 0) is 11.2 Å². The fourth-order valence-electron chi connectivity index (χ4n) is 1.13. The van der Waals surface area contributed by atoms with Crippen molar-refractivity contribution in [1.82, 2.24) is 0 Å². The molecular formula is C6H12I2N2Pt. The van der Waals surface area contributed by atoms with Crippen molar-refractivity contribution in [1.29, 1.82) is 0 Å². The molecule has 1 saturated carbocycles. The SMILES string of the molecule is [I][Pt+2][I].[NH-][C@@H]1CCCC[C@@H]1[NH-]. The Balaban J connectivity index is 0.000000292. The quantitative estimate of drug-likeness (QED) is 0.399. The first-order valence-corrected chi connectivity index (χ1v) is 16.4. The molecule has 1 rings (SSSR count). The number of hydrogen-bond acceptors (Lipinski definition) is 0. The minimum absolute atomic E-state index is 0.0799. The van der Waals surface area contributed by atoms with Crippen molar-refractivity contribution in [3.8, 4) is 0 Å². The first kappa shape index (κ1) is 13.1. The maximum absolute atomic E-state index is 7.29. The predicted octanol–water partition coefficient (Wildman–Crippen LogP) is 4.17. The molecule has 2 nitrogen and oxygen atoms in total. The average molecular weight is 561 g/mol. The van der Waals surface area contributed by atoms with Gasteiger partial charge in [-0.1, -0.05) is 25.7 Å². The van der Waals surface area contributed by atoms with E-state index in [4.69, 9.17) is 11.5 Å². The van der Waals surface area contributed by atoms with Crippen LogP contribution in [0, 0.1) is 0 Å². The van der Waals surface area contributed by atoms with Crippen molar-refractivity contribution < 1.29 is 11.2 Å². The molecule has 0 aliphatic heterocycles. The summed E-state index contributed by atoms with van der Waals surface area (Å²) in [5.74, 6) is 0. The van der Waals surface area contributed by atoms with Crippen LogP contribution in [0.1, 0.15) is 25.7 Å². The minimum Gasteiger partial charge on any atom is -0.676 e. The zero-order valence-corrected chi connectivity index (χ0v) is 12.6. The second-order valence-electron chi connectivity index (χ2n) is 2.54. The fraction of sp³-hybridized carbons (Fsp3) is 1.00. The van der Waals surface area contributed by atoms with Crippen LogP contribution in [0.15, 0.2) is 0 Å². The van der Waals surface area contributed by atoms with Crippen molar-refractivity contribution in [3.05, 3.63) is 11.5 Å². The smallest absolute Gasteiger partial charge is 0.0548 e. The molecule has 1 aliphatic carbocycles. The molecule has 5 heteroatoms. The summed E-state index contributed by atoms with van der Waals surface area (Å²) in [7, 11) is 0. The Morgan fingerprint density at radius 1 is 1.00 bits per heavy atom. The summed E-state index contributed by atoms with van der Waals surface area (Å²) in [4.78, 5) is 0. The molecule has 0 spiro atoms. The first-order chi connectivity index (χ1) is 5.22.